The summed E-state index contributed by atoms with van der Waals surface area (Å²) in [7, 11) is 1.39. The molecule has 0 amide bonds. The number of H-pyrrole nitrogens is 1. The molecule has 1 unspecified atom stereocenters. The quantitative estimate of drug-likeness (QED) is 0.117. The number of nitrogens with one attached hydrogen (secondary N) is 1. The molecular weight excluding hydrogens is 658 g/mol. The van der Waals surface area contributed by atoms with E-state index in [1.807, 2.05) is 0 Å². The molecule has 2 saturated heterocycles. The van der Waals surface area contributed by atoms with Gasteiger partial charge in [-0.2, -0.15) is 4.98 Å². The van der Waals surface area contributed by atoms with Crippen LogP contribution in [0.4, 0.5) is 16.2 Å². The van der Waals surface area contributed by atoms with E-state index in [9.17, 15) is 24.3 Å². The minimum Gasteiger partial charge on any atom is -0.395 e. The lowest BCUT2D eigenvalue weighted by molar-refractivity contribution is -0.114. The smallest absolute Gasteiger partial charge is 0.324 e. The number of aromatic amines is 1. The number of rotatable bonds is 10. The minimum absolute atomic E-state index is 0.0210. The van der Waals surface area contributed by atoms with Crippen molar-refractivity contribution in [1.29, 1.82) is 0 Å². The van der Waals surface area contributed by atoms with Gasteiger partial charge in [0.25, 0.3) is 5.56 Å². The van der Waals surface area contributed by atoms with Crippen molar-refractivity contribution in [3.05, 3.63) is 29.3 Å². The number of aromatic nitrogens is 8. The van der Waals surface area contributed by atoms with Gasteiger partial charge in [-0.25, -0.2) is 24.3 Å². The molecule has 0 aromatic carbocycles. The van der Waals surface area contributed by atoms with Gasteiger partial charge in [-0.15, -0.1) is 11.8 Å². The summed E-state index contributed by atoms with van der Waals surface area (Å²) in [5.74, 6) is -0.00792. The van der Waals surface area contributed by atoms with Crippen molar-refractivity contribution in [2.75, 3.05) is 38.5 Å². The number of nitrogens with two attached hydrogens (primary N) is 2. The first-order chi connectivity index (χ1) is 21.3. The van der Waals surface area contributed by atoms with Gasteiger partial charge in [0.05, 0.1) is 36.7 Å². The molecule has 4 aromatic rings. The normalized spacial score (nSPS) is 31.6. The lowest BCUT2D eigenvalue weighted by Gasteiger charge is -2.30. The van der Waals surface area contributed by atoms with Crippen LogP contribution < -0.4 is 17.0 Å². The van der Waals surface area contributed by atoms with E-state index in [4.69, 9.17) is 41.8 Å². The fraction of sp³-hybridized carbons (Fsp3) is 0.565. The number of aliphatic hydroxyl groups is 2. The van der Waals surface area contributed by atoms with Crippen LogP contribution in [0, 0.1) is 0 Å². The standard InChI is InChI=1S/C23H30FN10O8PS2/c1-22(14(36)13(39-2)19(41-22)33-8-29-11-15(25)27-7-28-16(11)33)6-40-43(38,44)42-10-3-23(4-24,5-35)45-20(10)34-9-30-12-17(34)31-21(26)32-18(12)37/h7-10,13-14,19-20,35-36H,3-6H2,1-2H3,(H,38,44)(H2,25,27,28)(H3,26,31,32,37)/t10-,13-,14+,19+,20-,22-,23-,43?/m1/s1. The molecule has 22 heteroatoms. The number of halogens is 1. The van der Waals surface area contributed by atoms with Crippen molar-refractivity contribution in [3.8, 4) is 0 Å². The largest absolute Gasteiger partial charge is 0.395 e. The monoisotopic (exact) mass is 688 g/mol. The maximum absolute atomic E-state index is 14.3. The van der Waals surface area contributed by atoms with Crippen LogP contribution in [0.3, 0.4) is 0 Å². The first kappa shape index (κ1) is 32.1. The van der Waals surface area contributed by atoms with Crippen molar-refractivity contribution < 1.29 is 38.0 Å². The van der Waals surface area contributed by atoms with Crippen LogP contribution in [0.2, 0.25) is 0 Å². The molecule has 18 nitrogen and oxygen atoms in total. The molecule has 2 aliphatic heterocycles. The number of ether oxygens (including phenoxy) is 2. The number of aliphatic hydroxyl groups excluding tert-OH is 2. The summed E-state index contributed by atoms with van der Waals surface area (Å²) in [5.41, 5.74) is 10.3. The summed E-state index contributed by atoms with van der Waals surface area (Å²) in [6.07, 6.45) is -0.251. The van der Waals surface area contributed by atoms with Crippen molar-refractivity contribution >= 4 is 64.4 Å². The van der Waals surface area contributed by atoms with Crippen LogP contribution >= 0.6 is 18.5 Å². The van der Waals surface area contributed by atoms with Gasteiger partial charge in [-0.05, 0) is 25.2 Å². The first-order valence-electron chi connectivity index (χ1n) is 13.4. The molecule has 0 bridgehead atoms. The second kappa shape index (κ2) is 11.7. The van der Waals surface area contributed by atoms with Gasteiger partial charge >= 0.3 is 6.72 Å². The number of nitrogen functional groups attached to an aromatic ring is 2. The third-order valence-electron chi connectivity index (χ3n) is 7.84. The van der Waals surface area contributed by atoms with Crippen LogP contribution in [0.15, 0.2) is 23.8 Å². The Morgan fingerprint density at radius 1 is 1.24 bits per heavy atom. The molecule has 0 radical (unpaired) electrons. The Labute approximate surface area is 262 Å². The van der Waals surface area contributed by atoms with Gasteiger partial charge in [0.15, 0.2) is 28.9 Å². The zero-order chi connectivity index (χ0) is 32.3. The Hall–Kier alpha value is -2.85. The van der Waals surface area contributed by atoms with Crippen LogP contribution in [-0.2, 0) is 30.3 Å². The highest BCUT2D eigenvalue weighted by Crippen LogP contribution is 2.57. The van der Waals surface area contributed by atoms with E-state index in [0.29, 0.717) is 11.2 Å². The summed E-state index contributed by atoms with van der Waals surface area (Å²) in [6, 6.07) is 0. The number of imidazole rings is 2. The Bertz CT molecular complexity index is 1840. The van der Waals surface area contributed by atoms with Crippen molar-refractivity contribution in [1.82, 2.24) is 39.0 Å². The lowest BCUT2D eigenvalue weighted by atomic mass is 9.98. The van der Waals surface area contributed by atoms with E-state index in [1.165, 1.54) is 35.2 Å². The second-order valence-corrected chi connectivity index (χ2v) is 15.3. The van der Waals surface area contributed by atoms with E-state index in [2.05, 4.69) is 29.9 Å². The number of fused-ring (bicyclic) bond motifs is 2. The Balaban J connectivity index is 1.23. The lowest BCUT2D eigenvalue weighted by Crippen LogP contribution is -2.44. The van der Waals surface area contributed by atoms with Crippen molar-refractivity contribution in [2.45, 2.75) is 53.6 Å². The summed E-state index contributed by atoms with van der Waals surface area (Å²) >= 11 is 6.35. The van der Waals surface area contributed by atoms with Gasteiger partial charge in [0.2, 0.25) is 5.95 Å². The molecule has 8 N–H and O–H groups in total. The summed E-state index contributed by atoms with van der Waals surface area (Å²) in [5, 5.41) is 20.5. The number of methoxy groups -OCH3 is 1. The van der Waals surface area contributed by atoms with E-state index in [1.54, 1.807) is 6.92 Å². The fourth-order valence-electron chi connectivity index (χ4n) is 5.50. The molecule has 8 atom stereocenters. The highest BCUT2D eigenvalue weighted by Gasteiger charge is 2.55. The predicted octanol–water partition coefficient (Wildman–Crippen LogP) is -0.258. The number of hydrogen-bond donors (Lipinski definition) is 6. The van der Waals surface area contributed by atoms with Crippen LogP contribution in [0.1, 0.15) is 24.9 Å². The van der Waals surface area contributed by atoms with Crippen LogP contribution in [0.5, 0.6) is 0 Å². The predicted molar refractivity (Wildman–Crippen MR) is 162 cm³/mol. The van der Waals surface area contributed by atoms with Gasteiger partial charge in [-0.3, -0.25) is 18.9 Å². The molecule has 6 rings (SSSR count). The van der Waals surface area contributed by atoms with Gasteiger partial charge in [0.1, 0.15) is 41.7 Å². The fourth-order valence-corrected chi connectivity index (χ4v) is 8.56. The Morgan fingerprint density at radius 3 is 2.69 bits per heavy atom. The van der Waals surface area contributed by atoms with E-state index in [-0.39, 0.29) is 29.4 Å². The Kier molecular flexibility index (Phi) is 8.38. The second-order valence-electron chi connectivity index (χ2n) is 10.9. The zero-order valence-corrected chi connectivity index (χ0v) is 26.3. The van der Waals surface area contributed by atoms with Crippen molar-refractivity contribution in [2.24, 2.45) is 0 Å². The molecular formula is C23H30FN10O8PS2. The maximum atomic E-state index is 14.3. The molecule has 244 valence electrons. The Morgan fingerprint density at radius 2 is 1.98 bits per heavy atom. The summed E-state index contributed by atoms with van der Waals surface area (Å²) in [4.78, 5) is 46.5. The number of thioether (sulfide) groups is 1. The third kappa shape index (κ3) is 5.60. The first-order valence-corrected chi connectivity index (χ1v) is 16.9. The van der Waals surface area contributed by atoms with Gasteiger partial charge < -0.3 is 45.1 Å². The highest BCUT2D eigenvalue weighted by molar-refractivity contribution is 8.07. The minimum atomic E-state index is -4.13. The zero-order valence-electron chi connectivity index (χ0n) is 23.8. The topological polar surface area (TPSA) is 257 Å². The third-order valence-corrected chi connectivity index (χ3v) is 11.1. The molecule has 6 heterocycles. The van der Waals surface area contributed by atoms with E-state index in [0.717, 1.165) is 11.8 Å². The van der Waals surface area contributed by atoms with E-state index >= 15 is 0 Å². The van der Waals surface area contributed by atoms with E-state index < -0.39 is 72.4 Å². The molecule has 0 aliphatic carbocycles. The number of anilines is 2. The highest BCUT2D eigenvalue weighted by atomic mass is 32.5. The van der Waals surface area contributed by atoms with Crippen LogP contribution in [0.25, 0.3) is 22.3 Å². The van der Waals surface area contributed by atoms with Crippen molar-refractivity contribution in [3.63, 3.8) is 0 Å². The summed E-state index contributed by atoms with van der Waals surface area (Å²) < 4.78 is 39.3. The van der Waals surface area contributed by atoms with Crippen LogP contribution in [-0.4, -0.2) is 110 Å². The average Bonchev–Trinajstić information content (AvgIpc) is 3.76. The summed E-state index contributed by atoms with van der Waals surface area (Å²) in [6.45, 7) is -4.52. The molecule has 0 spiro atoms. The van der Waals surface area contributed by atoms with Gasteiger partial charge in [-0.1, -0.05) is 0 Å². The SMILES string of the molecule is CO[C@H]1[C@@H](n2cnc3c(N)ncnc32)O[C@](C)(COP(O)(=S)O[C@@H]2C[C@](CO)(CF)S[C@H]2n2cnc3c(=O)[nH]c(N)nc32)[C@H]1O. The molecule has 2 fully saturated rings. The number of alkyl halides is 1. The number of nitrogens with zero attached hydrogens (tertiary/aromatic N) is 7. The average molecular weight is 689 g/mol. The molecule has 2 aliphatic rings. The maximum Gasteiger partial charge on any atom is 0.324 e. The van der Waals surface area contributed by atoms with Gasteiger partial charge in [0, 0.05) is 7.11 Å². The molecule has 4 aromatic heterocycles. The molecule has 0 saturated carbocycles. The molecule has 45 heavy (non-hydrogen) atoms. The number of hydrogen-bond acceptors (Lipinski definition) is 16.